The monoisotopic (exact) mass is 487 g/mol. The highest BCUT2D eigenvalue weighted by Gasteiger charge is 2.48. The molecular weight excluding hydrogens is 454 g/mol. The molecule has 0 saturated carbocycles. The van der Waals surface area contributed by atoms with Crippen molar-refractivity contribution in [1.29, 1.82) is 0 Å². The minimum absolute atomic E-state index is 0.00567. The average molecular weight is 488 g/mol. The number of H-pyrrole nitrogens is 1. The van der Waals surface area contributed by atoms with Crippen LogP contribution in [-0.2, 0) is 12.1 Å². The number of fused-ring (bicyclic) bond motifs is 1. The highest BCUT2D eigenvalue weighted by Crippen LogP contribution is 2.42. The van der Waals surface area contributed by atoms with Crippen molar-refractivity contribution in [1.82, 2.24) is 29.9 Å². The summed E-state index contributed by atoms with van der Waals surface area (Å²) in [6.45, 7) is 14.5. The number of carbonyl (C=O) groups excluding carboxylic acids is 2. The van der Waals surface area contributed by atoms with Gasteiger partial charge in [0, 0.05) is 36.4 Å². The number of nitrogens with one attached hydrogen (secondary N) is 2. The van der Waals surface area contributed by atoms with Gasteiger partial charge in [-0.1, -0.05) is 25.4 Å². The van der Waals surface area contributed by atoms with Crippen LogP contribution in [0.3, 0.4) is 0 Å². The minimum Gasteiger partial charge on any atom is -0.318 e. The number of likely N-dealkylation sites (N-methyl/N-ethyl adjacent to an activating group) is 1. The first-order valence-corrected chi connectivity index (χ1v) is 12.0. The second-order valence-electron chi connectivity index (χ2n) is 10.8. The molecule has 1 saturated heterocycles. The summed E-state index contributed by atoms with van der Waals surface area (Å²) in [6, 6.07) is 3.30. The van der Waals surface area contributed by atoms with E-state index in [1.807, 2.05) is 23.6 Å². The highest BCUT2D eigenvalue weighted by atomic mass is 35.5. The van der Waals surface area contributed by atoms with Gasteiger partial charge in [-0.2, -0.15) is 5.10 Å². The summed E-state index contributed by atoms with van der Waals surface area (Å²) in [4.78, 5) is 37.0. The molecule has 3 amide bonds. The van der Waals surface area contributed by atoms with E-state index in [-0.39, 0.29) is 29.2 Å². The van der Waals surface area contributed by atoms with Crippen LogP contribution in [0.5, 0.6) is 0 Å². The Balaban J connectivity index is 1.58. The van der Waals surface area contributed by atoms with Crippen molar-refractivity contribution < 1.29 is 9.59 Å². The summed E-state index contributed by atoms with van der Waals surface area (Å²) < 4.78 is 0. The van der Waals surface area contributed by atoms with Crippen LogP contribution < -0.4 is 5.32 Å². The van der Waals surface area contributed by atoms with E-state index in [2.05, 4.69) is 60.1 Å². The Morgan fingerprint density at radius 2 is 1.94 bits per heavy atom. The third-order valence-electron chi connectivity index (χ3n) is 7.36. The van der Waals surface area contributed by atoms with Crippen molar-refractivity contribution in [3.05, 3.63) is 40.3 Å². The molecule has 2 aromatic heterocycles. The second-order valence-corrected chi connectivity index (χ2v) is 11.2. The zero-order valence-electron chi connectivity index (χ0n) is 20.9. The fraction of sp³-hybridized carbons (Fsp3) is 0.583. The van der Waals surface area contributed by atoms with Gasteiger partial charge in [-0.15, -0.1) is 0 Å². The summed E-state index contributed by atoms with van der Waals surface area (Å²) >= 11 is 5.88. The van der Waals surface area contributed by atoms with Crippen LogP contribution in [0.2, 0.25) is 5.02 Å². The Bertz CT molecular complexity index is 1090. The van der Waals surface area contributed by atoms with Gasteiger partial charge in [0.25, 0.3) is 5.91 Å². The lowest BCUT2D eigenvalue weighted by molar-refractivity contribution is -0.0116. The Kier molecular flexibility index (Phi) is 6.14. The van der Waals surface area contributed by atoms with Crippen LogP contribution in [0.15, 0.2) is 18.3 Å². The van der Waals surface area contributed by atoms with Crippen LogP contribution in [0.25, 0.3) is 0 Å². The van der Waals surface area contributed by atoms with Gasteiger partial charge >= 0.3 is 6.03 Å². The summed E-state index contributed by atoms with van der Waals surface area (Å²) in [7, 11) is 2.12. The number of piperazine rings is 1. The maximum absolute atomic E-state index is 14.0. The zero-order valence-corrected chi connectivity index (χ0v) is 21.7. The van der Waals surface area contributed by atoms with Gasteiger partial charge in [-0.3, -0.25) is 14.8 Å². The number of aromatic nitrogens is 3. The lowest BCUT2D eigenvalue weighted by Crippen LogP contribution is -2.66. The lowest BCUT2D eigenvalue weighted by Gasteiger charge is -2.52. The van der Waals surface area contributed by atoms with Crippen LogP contribution in [0.4, 0.5) is 10.6 Å². The molecule has 34 heavy (non-hydrogen) atoms. The number of halogens is 1. The third kappa shape index (κ3) is 4.15. The summed E-state index contributed by atoms with van der Waals surface area (Å²) in [5.41, 5.74) is 1.16. The molecule has 1 fully saturated rings. The maximum atomic E-state index is 14.0. The molecule has 0 aromatic carbocycles. The van der Waals surface area contributed by atoms with E-state index >= 15 is 0 Å². The molecule has 2 aromatic rings. The average Bonchev–Trinajstić information content (AvgIpc) is 3.27. The van der Waals surface area contributed by atoms with E-state index in [0.29, 0.717) is 29.8 Å². The number of hydrogen-bond acceptors (Lipinski definition) is 5. The van der Waals surface area contributed by atoms with Gasteiger partial charge in [0.15, 0.2) is 5.82 Å². The topological polar surface area (TPSA) is 97.5 Å². The molecule has 1 atom stereocenters. The lowest BCUT2D eigenvalue weighted by atomic mass is 9.91. The molecule has 0 spiro atoms. The first-order chi connectivity index (χ1) is 15.8. The number of urea groups is 1. The molecule has 0 unspecified atom stereocenters. The number of anilines is 1. The van der Waals surface area contributed by atoms with E-state index in [1.54, 1.807) is 12.1 Å². The van der Waals surface area contributed by atoms with Gasteiger partial charge in [0.1, 0.15) is 5.69 Å². The van der Waals surface area contributed by atoms with Crippen molar-refractivity contribution in [2.24, 2.45) is 5.92 Å². The van der Waals surface area contributed by atoms with Gasteiger partial charge in [0.05, 0.1) is 22.8 Å². The maximum Gasteiger partial charge on any atom is 0.321 e. The van der Waals surface area contributed by atoms with Gasteiger partial charge in [-0.25, -0.2) is 9.78 Å². The molecule has 0 bridgehead atoms. The normalized spacial score (nSPS) is 21.6. The van der Waals surface area contributed by atoms with Crippen LogP contribution in [0, 0.1) is 5.92 Å². The van der Waals surface area contributed by atoms with E-state index in [9.17, 15) is 9.59 Å². The summed E-state index contributed by atoms with van der Waals surface area (Å²) in [5.74, 6) is 0.364. The molecule has 2 N–H and O–H groups in total. The SMILES string of the molecule is CC(C)[C@H]1CN(C)C(C)(C)CN1C(=O)N1Cc2c(NC(=O)c3ccc(Cl)cn3)n[nH]c2C1(C)C. The van der Waals surface area contributed by atoms with E-state index < -0.39 is 5.54 Å². The highest BCUT2D eigenvalue weighted by molar-refractivity contribution is 6.30. The first kappa shape index (κ1) is 24.5. The Labute approximate surface area is 205 Å². The molecule has 4 heterocycles. The molecule has 184 valence electrons. The fourth-order valence-corrected chi connectivity index (χ4v) is 4.94. The Morgan fingerprint density at radius 1 is 1.24 bits per heavy atom. The Morgan fingerprint density at radius 3 is 2.56 bits per heavy atom. The predicted octanol–water partition coefficient (Wildman–Crippen LogP) is 3.93. The number of hydrogen-bond donors (Lipinski definition) is 2. The Hall–Kier alpha value is -2.65. The van der Waals surface area contributed by atoms with E-state index in [4.69, 9.17) is 11.6 Å². The minimum atomic E-state index is -0.601. The molecule has 4 rings (SSSR count). The third-order valence-corrected chi connectivity index (χ3v) is 7.58. The number of aromatic amines is 1. The quantitative estimate of drug-likeness (QED) is 0.683. The standard InChI is InChI=1S/C24H34ClN7O2/c1-14(2)18-12-30(7)23(3,4)13-31(18)22(34)32-11-16-19(24(32,5)6)28-29-20(16)27-21(33)17-9-8-15(25)10-26-17/h8-10,14,18H,11-13H2,1-7H3,(H2,27,28,29,33)/t18-/m1/s1. The van der Waals surface area contributed by atoms with Crippen molar-refractivity contribution in [3.63, 3.8) is 0 Å². The van der Waals surface area contributed by atoms with Crippen molar-refractivity contribution in [2.45, 2.75) is 65.2 Å². The molecule has 0 radical (unpaired) electrons. The summed E-state index contributed by atoms with van der Waals surface area (Å²) in [5, 5.41) is 10.7. The largest absolute Gasteiger partial charge is 0.321 e. The fourth-order valence-electron chi connectivity index (χ4n) is 4.82. The second kappa shape index (κ2) is 8.53. The molecule has 2 aliphatic rings. The predicted molar refractivity (Wildman–Crippen MR) is 132 cm³/mol. The van der Waals surface area contributed by atoms with Crippen LogP contribution in [0.1, 0.15) is 63.3 Å². The summed E-state index contributed by atoms with van der Waals surface area (Å²) in [6.07, 6.45) is 1.43. The number of carbonyl (C=O) groups is 2. The number of nitrogens with zero attached hydrogens (tertiary/aromatic N) is 5. The van der Waals surface area contributed by atoms with Gasteiger partial charge in [-0.05, 0) is 52.8 Å². The molecule has 0 aliphatic carbocycles. The van der Waals surface area contributed by atoms with E-state index in [0.717, 1.165) is 17.8 Å². The first-order valence-electron chi connectivity index (χ1n) is 11.6. The van der Waals surface area contributed by atoms with Gasteiger partial charge in [0.2, 0.25) is 0 Å². The molecule has 2 aliphatic heterocycles. The van der Waals surface area contributed by atoms with Crippen molar-refractivity contribution >= 4 is 29.4 Å². The van der Waals surface area contributed by atoms with Crippen LogP contribution in [-0.4, -0.2) is 73.5 Å². The molecular formula is C24H34ClN7O2. The smallest absolute Gasteiger partial charge is 0.318 e. The van der Waals surface area contributed by atoms with Crippen LogP contribution >= 0.6 is 11.6 Å². The zero-order chi connectivity index (χ0) is 25.0. The number of amides is 3. The van der Waals surface area contributed by atoms with Gasteiger partial charge < -0.3 is 15.1 Å². The molecule has 10 heteroatoms. The van der Waals surface area contributed by atoms with Crippen molar-refractivity contribution in [3.8, 4) is 0 Å². The van der Waals surface area contributed by atoms with Crippen molar-refractivity contribution in [2.75, 3.05) is 25.5 Å². The van der Waals surface area contributed by atoms with E-state index in [1.165, 1.54) is 6.20 Å². The number of pyridine rings is 1. The number of rotatable bonds is 3. The molecule has 9 nitrogen and oxygen atoms in total.